The third-order valence-corrected chi connectivity index (χ3v) is 4.81. The molecule has 0 saturated heterocycles. The zero-order chi connectivity index (χ0) is 22.3. The van der Waals surface area contributed by atoms with Crippen LogP contribution in [0.1, 0.15) is 15.9 Å². The van der Waals surface area contributed by atoms with Gasteiger partial charge in [-0.15, -0.1) is 0 Å². The summed E-state index contributed by atoms with van der Waals surface area (Å²) in [6, 6.07) is 24.6. The van der Waals surface area contributed by atoms with Gasteiger partial charge >= 0.3 is 0 Å². The fourth-order valence-electron chi connectivity index (χ4n) is 3.22. The van der Waals surface area contributed by atoms with E-state index in [1.165, 1.54) is 0 Å². The molecule has 7 heteroatoms. The minimum absolute atomic E-state index is 0.359. The summed E-state index contributed by atoms with van der Waals surface area (Å²) < 4.78 is 12.2. The minimum atomic E-state index is -0.359. The molecule has 0 fully saturated rings. The molecule has 0 radical (unpaired) electrons. The smallest absolute Gasteiger partial charge is 0.275 e. The van der Waals surface area contributed by atoms with Crippen molar-refractivity contribution in [3.05, 3.63) is 96.2 Å². The number of hydrogen-bond acceptors (Lipinski definition) is 5. The van der Waals surface area contributed by atoms with Gasteiger partial charge in [-0.25, -0.2) is 10.1 Å². The summed E-state index contributed by atoms with van der Waals surface area (Å²) in [5, 5.41) is 8.76. The van der Waals surface area contributed by atoms with Gasteiger partial charge in [0.15, 0.2) is 11.5 Å². The molecule has 3 aromatic carbocycles. The van der Waals surface area contributed by atoms with Crippen molar-refractivity contribution < 1.29 is 14.3 Å². The van der Waals surface area contributed by atoms with Crippen LogP contribution < -0.4 is 14.9 Å². The quantitative estimate of drug-likeness (QED) is 0.353. The second kappa shape index (κ2) is 9.61. The lowest BCUT2D eigenvalue weighted by molar-refractivity contribution is 0.0955. The molecule has 4 aromatic rings. The first-order valence-electron chi connectivity index (χ1n) is 9.95. The monoisotopic (exact) mass is 426 g/mol. The molecule has 0 aliphatic heterocycles. The highest BCUT2D eigenvalue weighted by Gasteiger charge is 2.18. The van der Waals surface area contributed by atoms with Crippen molar-refractivity contribution in [1.82, 2.24) is 15.2 Å². The van der Waals surface area contributed by atoms with Crippen molar-refractivity contribution >= 4 is 12.1 Å². The van der Waals surface area contributed by atoms with Crippen LogP contribution in [-0.4, -0.2) is 36.1 Å². The van der Waals surface area contributed by atoms with Crippen LogP contribution in [-0.2, 0) is 0 Å². The van der Waals surface area contributed by atoms with Crippen LogP contribution in [0.5, 0.6) is 11.5 Å². The number of para-hydroxylation sites is 1. The van der Waals surface area contributed by atoms with Gasteiger partial charge in [-0.1, -0.05) is 48.5 Å². The second-order valence-electron chi connectivity index (χ2n) is 6.85. The molecule has 7 nitrogen and oxygen atoms in total. The van der Waals surface area contributed by atoms with Crippen LogP contribution in [0, 0.1) is 0 Å². The minimum Gasteiger partial charge on any atom is -0.493 e. The summed E-state index contributed by atoms with van der Waals surface area (Å²) in [7, 11) is 3.14. The Kier molecular flexibility index (Phi) is 6.27. The summed E-state index contributed by atoms with van der Waals surface area (Å²) in [4.78, 5) is 13.0. The molecular formula is C25H22N4O3. The van der Waals surface area contributed by atoms with E-state index in [1.807, 2.05) is 66.7 Å². The van der Waals surface area contributed by atoms with Crippen molar-refractivity contribution in [1.29, 1.82) is 0 Å². The molecule has 1 aromatic heterocycles. The van der Waals surface area contributed by atoms with E-state index in [4.69, 9.17) is 9.47 Å². The molecule has 0 saturated carbocycles. The molecule has 0 aliphatic rings. The number of nitrogens with zero attached hydrogens (tertiary/aromatic N) is 3. The van der Waals surface area contributed by atoms with Crippen molar-refractivity contribution in [2.45, 2.75) is 0 Å². The SMILES string of the molecule is COc1ccc(/C=N/NC(=O)c2cn(-c3ccccc3)nc2-c2ccccc2)cc1OC. The van der Waals surface area contributed by atoms with Crippen LogP contribution in [0.25, 0.3) is 16.9 Å². The van der Waals surface area contributed by atoms with Gasteiger partial charge in [0.2, 0.25) is 0 Å². The van der Waals surface area contributed by atoms with Crippen LogP contribution in [0.4, 0.5) is 0 Å². The first-order chi connectivity index (χ1) is 15.7. The number of ether oxygens (including phenoxy) is 2. The average molecular weight is 426 g/mol. The van der Waals surface area contributed by atoms with E-state index in [0.717, 1.165) is 16.8 Å². The number of hydrogen-bond donors (Lipinski definition) is 1. The van der Waals surface area contributed by atoms with Gasteiger partial charge in [-0.2, -0.15) is 10.2 Å². The third kappa shape index (κ3) is 4.52. The number of amides is 1. The number of carbonyl (C=O) groups is 1. The molecule has 4 rings (SSSR count). The molecule has 1 amide bonds. The molecule has 32 heavy (non-hydrogen) atoms. The molecule has 0 aliphatic carbocycles. The van der Waals surface area contributed by atoms with Crippen molar-refractivity contribution in [2.24, 2.45) is 5.10 Å². The Morgan fingerprint density at radius 3 is 2.31 bits per heavy atom. The molecular weight excluding hydrogens is 404 g/mol. The molecule has 160 valence electrons. The highest BCUT2D eigenvalue weighted by atomic mass is 16.5. The summed E-state index contributed by atoms with van der Waals surface area (Å²) >= 11 is 0. The van der Waals surface area contributed by atoms with E-state index >= 15 is 0 Å². The summed E-state index contributed by atoms with van der Waals surface area (Å²) in [5.74, 6) is 0.843. The normalized spacial score (nSPS) is 10.8. The van der Waals surface area contributed by atoms with Gasteiger partial charge in [0.25, 0.3) is 5.91 Å². The predicted molar refractivity (Wildman–Crippen MR) is 124 cm³/mol. The number of rotatable bonds is 7. The van der Waals surface area contributed by atoms with E-state index in [2.05, 4.69) is 15.6 Å². The largest absolute Gasteiger partial charge is 0.493 e. The van der Waals surface area contributed by atoms with Gasteiger partial charge < -0.3 is 9.47 Å². The van der Waals surface area contributed by atoms with Crippen LogP contribution in [0.15, 0.2) is 90.2 Å². The van der Waals surface area contributed by atoms with Gasteiger partial charge in [-0.3, -0.25) is 4.79 Å². The number of nitrogens with one attached hydrogen (secondary N) is 1. The highest BCUT2D eigenvalue weighted by molar-refractivity contribution is 6.00. The number of benzene rings is 3. The Hall–Kier alpha value is -4.39. The number of aromatic nitrogens is 2. The Morgan fingerprint density at radius 1 is 0.938 bits per heavy atom. The molecule has 0 atom stereocenters. The predicted octanol–water partition coefficient (Wildman–Crippen LogP) is 4.32. The maximum atomic E-state index is 13.0. The fourth-order valence-corrected chi connectivity index (χ4v) is 3.22. The van der Waals surface area contributed by atoms with E-state index in [-0.39, 0.29) is 5.91 Å². The Labute approximate surface area is 185 Å². The summed E-state index contributed by atoms with van der Waals surface area (Å²) in [6.45, 7) is 0. The standard InChI is InChI=1S/C25H22N4O3/c1-31-22-14-13-18(15-23(22)32-2)16-26-27-25(30)21-17-29(20-11-7-4-8-12-20)28-24(21)19-9-5-3-6-10-19/h3-17H,1-2H3,(H,27,30)/b26-16+. The van der Waals surface area contributed by atoms with Gasteiger partial charge in [0, 0.05) is 11.8 Å². The first-order valence-corrected chi connectivity index (χ1v) is 9.95. The average Bonchev–Trinajstić information content (AvgIpc) is 3.31. The molecule has 0 bridgehead atoms. The van der Waals surface area contributed by atoms with Gasteiger partial charge in [0.05, 0.1) is 31.7 Å². The maximum Gasteiger partial charge on any atom is 0.275 e. The van der Waals surface area contributed by atoms with E-state index in [1.54, 1.807) is 43.4 Å². The summed E-state index contributed by atoms with van der Waals surface area (Å²) in [5.41, 5.74) is 6.05. The Bertz CT molecular complexity index is 1230. The molecule has 0 spiro atoms. The van der Waals surface area contributed by atoms with Crippen LogP contribution >= 0.6 is 0 Å². The van der Waals surface area contributed by atoms with E-state index in [0.29, 0.717) is 22.8 Å². The lowest BCUT2D eigenvalue weighted by Crippen LogP contribution is -2.18. The lowest BCUT2D eigenvalue weighted by Gasteiger charge is -2.07. The fraction of sp³-hybridized carbons (Fsp3) is 0.0800. The van der Waals surface area contributed by atoms with Crippen molar-refractivity contribution in [3.63, 3.8) is 0 Å². The molecule has 0 unspecified atom stereocenters. The Morgan fingerprint density at radius 2 is 1.62 bits per heavy atom. The maximum absolute atomic E-state index is 13.0. The highest BCUT2D eigenvalue weighted by Crippen LogP contribution is 2.27. The van der Waals surface area contributed by atoms with Crippen molar-refractivity contribution in [2.75, 3.05) is 14.2 Å². The second-order valence-corrected chi connectivity index (χ2v) is 6.85. The summed E-state index contributed by atoms with van der Waals surface area (Å²) in [6.07, 6.45) is 3.25. The number of methoxy groups -OCH3 is 2. The lowest BCUT2D eigenvalue weighted by atomic mass is 10.1. The number of carbonyl (C=O) groups excluding carboxylic acids is 1. The Balaban J connectivity index is 1.60. The van der Waals surface area contributed by atoms with Crippen LogP contribution in [0.3, 0.4) is 0 Å². The zero-order valence-corrected chi connectivity index (χ0v) is 17.7. The van der Waals surface area contributed by atoms with Gasteiger partial charge in [0.1, 0.15) is 5.69 Å². The van der Waals surface area contributed by atoms with Gasteiger partial charge in [-0.05, 0) is 35.9 Å². The van der Waals surface area contributed by atoms with Crippen molar-refractivity contribution in [3.8, 4) is 28.4 Å². The van der Waals surface area contributed by atoms with Crippen LogP contribution in [0.2, 0.25) is 0 Å². The third-order valence-electron chi connectivity index (χ3n) is 4.81. The van der Waals surface area contributed by atoms with E-state index < -0.39 is 0 Å². The molecule has 1 N–H and O–H groups in total. The first kappa shape index (κ1) is 20.9. The zero-order valence-electron chi connectivity index (χ0n) is 17.7. The van der Waals surface area contributed by atoms with E-state index in [9.17, 15) is 4.79 Å². The number of hydrazone groups is 1. The topological polar surface area (TPSA) is 77.7 Å². The molecule has 1 heterocycles.